The standard InChI is InChI=1S/C11H12N2O2S2/c1-11(3-4-15-6-11)13-9(14)7-2-5-17-8(7)12-10(13)16/h2,5H,3-4,6H2,1H3,(H,12,16). The van der Waals surface area contributed by atoms with Crippen molar-refractivity contribution in [3.05, 3.63) is 26.6 Å². The zero-order valence-electron chi connectivity index (χ0n) is 9.36. The van der Waals surface area contributed by atoms with Crippen LogP contribution in [0.1, 0.15) is 13.3 Å². The Balaban J connectivity index is 2.36. The number of nitrogens with zero attached hydrogens (tertiary/aromatic N) is 1. The molecule has 3 heterocycles. The van der Waals surface area contributed by atoms with Crippen LogP contribution in [0.25, 0.3) is 10.2 Å². The molecule has 0 radical (unpaired) electrons. The Bertz CT molecular complexity index is 677. The summed E-state index contributed by atoms with van der Waals surface area (Å²) in [5, 5.41) is 2.60. The van der Waals surface area contributed by atoms with Gasteiger partial charge >= 0.3 is 0 Å². The molecule has 0 amide bonds. The minimum absolute atomic E-state index is 0.0157. The highest BCUT2D eigenvalue weighted by atomic mass is 32.1. The van der Waals surface area contributed by atoms with E-state index >= 15 is 0 Å². The Morgan fingerprint density at radius 2 is 2.47 bits per heavy atom. The molecule has 2 aromatic rings. The van der Waals surface area contributed by atoms with Crippen LogP contribution in [-0.4, -0.2) is 22.8 Å². The lowest BCUT2D eigenvalue weighted by molar-refractivity contribution is 0.159. The van der Waals surface area contributed by atoms with Gasteiger partial charge in [0.25, 0.3) is 5.56 Å². The third-order valence-corrected chi connectivity index (χ3v) is 4.37. The molecule has 1 N–H and O–H groups in total. The average Bonchev–Trinajstić information content (AvgIpc) is 2.87. The zero-order valence-corrected chi connectivity index (χ0v) is 11.0. The highest BCUT2D eigenvalue weighted by Crippen LogP contribution is 2.26. The van der Waals surface area contributed by atoms with Crippen LogP contribution in [0.5, 0.6) is 0 Å². The Morgan fingerprint density at radius 3 is 3.18 bits per heavy atom. The fourth-order valence-corrected chi connectivity index (χ4v) is 3.51. The molecule has 0 spiro atoms. The molecule has 1 aliphatic rings. The normalized spacial score (nSPS) is 24.5. The lowest BCUT2D eigenvalue weighted by atomic mass is 10.0. The van der Waals surface area contributed by atoms with E-state index in [0.29, 0.717) is 23.4 Å². The van der Waals surface area contributed by atoms with E-state index in [2.05, 4.69) is 4.98 Å². The first-order valence-electron chi connectivity index (χ1n) is 5.43. The lowest BCUT2D eigenvalue weighted by Gasteiger charge is -2.24. The smallest absolute Gasteiger partial charge is 0.263 e. The van der Waals surface area contributed by atoms with Crippen molar-refractivity contribution in [3.8, 4) is 0 Å². The van der Waals surface area contributed by atoms with E-state index in [1.54, 1.807) is 4.57 Å². The molecule has 0 bridgehead atoms. The summed E-state index contributed by atoms with van der Waals surface area (Å²) >= 11 is 6.80. The molecule has 1 saturated heterocycles. The monoisotopic (exact) mass is 268 g/mol. The first-order valence-corrected chi connectivity index (χ1v) is 6.71. The summed E-state index contributed by atoms with van der Waals surface area (Å²) in [7, 11) is 0. The molecule has 90 valence electrons. The van der Waals surface area contributed by atoms with Crippen molar-refractivity contribution < 1.29 is 4.74 Å². The van der Waals surface area contributed by atoms with Crippen molar-refractivity contribution in [3.63, 3.8) is 0 Å². The fraction of sp³-hybridized carbons (Fsp3) is 0.455. The highest BCUT2D eigenvalue weighted by Gasteiger charge is 2.33. The van der Waals surface area contributed by atoms with Gasteiger partial charge in [0.05, 0.1) is 17.5 Å². The van der Waals surface area contributed by atoms with Gasteiger partial charge in [0, 0.05) is 6.61 Å². The Kier molecular flexibility index (Phi) is 2.46. The molecule has 1 fully saturated rings. The van der Waals surface area contributed by atoms with Crippen molar-refractivity contribution in [2.75, 3.05) is 13.2 Å². The van der Waals surface area contributed by atoms with Gasteiger partial charge in [0.1, 0.15) is 4.83 Å². The highest BCUT2D eigenvalue weighted by molar-refractivity contribution is 7.71. The number of hydrogen-bond donors (Lipinski definition) is 1. The summed E-state index contributed by atoms with van der Waals surface area (Å²) in [4.78, 5) is 16.4. The molecular weight excluding hydrogens is 256 g/mol. The molecule has 4 nitrogen and oxygen atoms in total. The molecule has 17 heavy (non-hydrogen) atoms. The van der Waals surface area contributed by atoms with E-state index in [1.165, 1.54) is 11.3 Å². The number of nitrogens with one attached hydrogen (secondary N) is 1. The molecule has 1 atom stereocenters. The minimum atomic E-state index is -0.319. The molecule has 0 saturated carbocycles. The second-order valence-electron chi connectivity index (χ2n) is 4.53. The fourth-order valence-electron chi connectivity index (χ4n) is 2.26. The van der Waals surface area contributed by atoms with E-state index in [9.17, 15) is 4.79 Å². The van der Waals surface area contributed by atoms with Gasteiger partial charge < -0.3 is 9.72 Å². The van der Waals surface area contributed by atoms with Gasteiger partial charge in [-0.3, -0.25) is 9.36 Å². The van der Waals surface area contributed by atoms with E-state index in [4.69, 9.17) is 17.0 Å². The van der Waals surface area contributed by atoms with Crippen molar-refractivity contribution in [1.82, 2.24) is 9.55 Å². The Hall–Kier alpha value is -0.980. The Morgan fingerprint density at radius 1 is 1.65 bits per heavy atom. The van der Waals surface area contributed by atoms with Crippen molar-refractivity contribution in [2.45, 2.75) is 18.9 Å². The number of hydrogen-bond acceptors (Lipinski definition) is 4. The lowest BCUT2D eigenvalue weighted by Crippen LogP contribution is -2.40. The maximum absolute atomic E-state index is 12.4. The zero-order chi connectivity index (χ0) is 12.0. The van der Waals surface area contributed by atoms with Crippen molar-refractivity contribution >= 4 is 33.8 Å². The number of aromatic nitrogens is 2. The van der Waals surface area contributed by atoms with Gasteiger partial charge in [-0.1, -0.05) is 0 Å². The Labute approximate surface area is 107 Å². The third kappa shape index (κ3) is 1.59. The largest absolute Gasteiger partial charge is 0.379 e. The number of ether oxygens (including phenoxy) is 1. The van der Waals surface area contributed by atoms with Crippen LogP contribution in [0.4, 0.5) is 0 Å². The molecule has 0 aromatic carbocycles. The van der Waals surface area contributed by atoms with Gasteiger partial charge in [-0.2, -0.15) is 0 Å². The van der Waals surface area contributed by atoms with Crippen LogP contribution >= 0.6 is 23.6 Å². The quantitative estimate of drug-likeness (QED) is 0.807. The molecule has 1 unspecified atom stereocenters. The van der Waals surface area contributed by atoms with Gasteiger partial charge in [-0.05, 0) is 37.0 Å². The predicted molar refractivity (Wildman–Crippen MR) is 70.4 cm³/mol. The molecule has 0 aliphatic carbocycles. The summed E-state index contributed by atoms with van der Waals surface area (Å²) in [5.74, 6) is 0. The van der Waals surface area contributed by atoms with Crippen LogP contribution in [0.3, 0.4) is 0 Å². The van der Waals surface area contributed by atoms with Gasteiger partial charge in [-0.25, -0.2) is 0 Å². The summed E-state index contributed by atoms with van der Waals surface area (Å²) in [6.45, 7) is 3.24. The maximum atomic E-state index is 12.4. The summed E-state index contributed by atoms with van der Waals surface area (Å²) in [6, 6.07) is 1.84. The number of fused-ring (bicyclic) bond motifs is 1. The summed E-state index contributed by atoms with van der Waals surface area (Å²) in [6.07, 6.45) is 0.819. The number of H-pyrrole nitrogens is 1. The maximum Gasteiger partial charge on any atom is 0.263 e. The topological polar surface area (TPSA) is 47.0 Å². The van der Waals surface area contributed by atoms with E-state index in [0.717, 1.165) is 11.3 Å². The van der Waals surface area contributed by atoms with Crippen molar-refractivity contribution in [1.29, 1.82) is 0 Å². The van der Waals surface area contributed by atoms with E-state index < -0.39 is 0 Å². The van der Waals surface area contributed by atoms with Crippen LogP contribution in [-0.2, 0) is 10.3 Å². The number of thiophene rings is 1. The number of rotatable bonds is 1. The average molecular weight is 268 g/mol. The summed E-state index contributed by atoms with van der Waals surface area (Å²) in [5.41, 5.74) is -0.334. The van der Waals surface area contributed by atoms with Gasteiger partial charge in [0.2, 0.25) is 0 Å². The SMILES string of the molecule is CC1(n2c(=S)[nH]c3sccc3c2=O)CCOC1. The molecular formula is C11H12N2O2S2. The van der Waals surface area contributed by atoms with Crippen LogP contribution in [0, 0.1) is 4.77 Å². The first-order chi connectivity index (χ1) is 8.12. The minimum Gasteiger partial charge on any atom is -0.379 e. The molecule has 3 rings (SSSR count). The number of aromatic amines is 1. The van der Waals surface area contributed by atoms with Gasteiger partial charge in [0.15, 0.2) is 4.77 Å². The van der Waals surface area contributed by atoms with Crippen LogP contribution < -0.4 is 5.56 Å². The predicted octanol–water partition coefficient (Wildman–Crippen LogP) is 2.26. The third-order valence-electron chi connectivity index (χ3n) is 3.26. The van der Waals surface area contributed by atoms with Crippen LogP contribution in [0.2, 0.25) is 0 Å². The van der Waals surface area contributed by atoms with E-state index in [1.807, 2.05) is 18.4 Å². The first kappa shape index (κ1) is 11.1. The second kappa shape index (κ2) is 3.76. The summed E-state index contributed by atoms with van der Waals surface area (Å²) < 4.78 is 7.56. The van der Waals surface area contributed by atoms with Crippen LogP contribution in [0.15, 0.2) is 16.2 Å². The van der Waals surface area contributed by atoms with E-state index in [-0.39, 0.29) is 11.1 Å². The second-order valence-corrected chi connectivity index (χ2v) is 5.84. The molecule has 1 aliphatic heterocycles. The molecule has 6 heteroatoms. The van der Waals surface area contributed by atoms with Gasteiger partial charge in [-0.15, -0.1) is 11.3 Å². The van der Waals surface area contributed by atoms with Crippen molar-refractivity contribution in [2.24, 2.45) is 0 Å². The molecule has 2 aromatic heterocycles.